The Kier molecular flexibility index (Phi) is 5.50. The number of urea groups is 1. The molecule has 0 atom stereocenters. The third-order valence-electron chi connectivity index (χ3n) is 6.37. The highest BCUT2D eigenvalue weighted by Crippen LogP contribution is 2.50. The third kappa shape index (κ3) is 4.43. The fraction of sp³-hybridized carbons (Fsp3) is 0.727. The van der Waals surface area contributed by atoms with Crippen molar-refractivity contribution in [2.75, 3.05) is 39.8 Å². The van der Waals surface area contributed by atoms with Gasteiger partial charge in [-0.2, -0.15) is 0 Å². The van der Waals surface area contributed by atoms with Crippen LogP contribution >= 0.6 is 0 Å². The van der Waals surface area contributed by atoms with E-state index in [1.54, 1.807) is 0 Å². The van der Waals surface area contributed by atoms with E-state index in [0.29, 0.717) is 36.4 Å². The first-order valence-corrected chi connectivity index (χ1v) is 10.8. The van der Waals surface area contributed by atoms with Crippen molar-refractivity contribution in [1.82, 2.24) is 19.7 Å². The van der Waals surface area contributed by atoms with Crippen LogP contribution in [-0.2, 0) is 6.54 Å². The normalized spacial score (nSPS) is 22.9. The summed E-state index contributed by atoms with van der Waals surface area (Å²) in [6.07, 6.45) is 6.54. The standard InChI is InChI=1S/C22H34N4O2/c1-17(2)14-28-20-5-4-18(12-23-20)13-25-15-22(8-9-22)16-26(21(25)27)19-6-10-24(3)11-7-19/h4-5,12,17,19H,6-11,13-16H2,1-3H3. The van der Waals surface area contributed by atoms with E-state index in [2.05, 4.69) is 40.6 Å². The van der Waals surface area contributed by atoms with Crippen molar-refractivity contribution < 1.29 is 9.53 Å². The van der Waals surface area contributed by atoms with Crippen molar-refractivity contribution in [3.63, 3.8) is 0 Å². The Morgan fingerprint density at radius 3 is 2.57 bits per heavy atom. The minimum absolute atomic E-state index is 0.215. The van der Waals surface area contributed by atoms with E-state index in [1.807, 2.05) is 18.3 Å². The lowest BCUT2D eigenvalue weighted by atomic mass is 9.97. The average molecular weight is 387 g/mol. The minimum Gasteiger partial charge on any atom is -0.477 e. The fourth-order valence-electron chi connectivity index (χ4n) is 4.40. The van der Waals surface area contributed by atoms with E-state index in [1.165, 1.54) is 12.8 Å². The van der Waals surface area contributed by atoms with Crippen LogP contribution in [0.25, 0.3) is 0 Å². The monoisotopic (exact) mass is 386 g/mol. The summed E-state index contributed by atoms with van der Waals surface area (Å²) in [6, 6.07) is 4.58. The second kappa shape index (κ2) is 7.90. The van der Waals surface area contributed by atoms with Crippen molar-refractivity contribution in [2.24, 2.45) is 11.3 Å². The van der Waals surface area contributed by atoms with Crippen LogP contribution in [0, 0.1) is 11.3 Å². The van der Waals surface area contributed by atoms with Gasteiger partial charge in [0.15, 0.2) is 0 Å². The highest BCUT2D eigenvalue weighted by atomic mass is 16.5. The summed E-state index contributed by atoms with van der Waals surface area (Å²) in [4.78, 5) is 24.3. The molecule has 6 nitrogen and oxygen atoms in total. The molecule has 154 valence electrons. The lowest BCUT2D eigenvalue weighted by Gasteiger charge is -2.46. The molecule has 0 aromatic carbocycles. The maximum atomic E-state index is 13.3. The molecule has 0 bridgehead atoms. The first kappa shape index (κ1) is 19.5. The molecule has 3 heterocycles. The van der Waals surface area contributed by atoms with Gasteiger partial charge in [0.05, 0.1) is 6.61 Å². The number of amides is 2. The summed E-state index contributed by atoms with van der Waals surface area (Å²) in [7, 11) is 2.17. The van der Waals surface area contributed by atoms with Gasteiger partial charge < -0.3 is 19.4 Å². The minimum atomic E-state index is 0.215. The zero-order valence-corrected chi connectivity index (χ0v) is 17.6. The number of hydrogen-bond acceptors (Lipinski definition) is 4. The van der Waals surface area contributed by atoms with E-state index in [0.717, 1.165) is 44.6 Å². The molecule has 1 aliphatic carbocycles. The predicted octanol–water partition coefficient (Wildman–Crippen LogP) is 3.23. The molecule has 2 aliphatic heterocycles. The van der Waals surface area contributed by atoms with E-state index in [4.69, 9.17) is 4.74 Å². The number of rotatable bonds is 6. The van der Waals surface area contributed by atoms with Gasteiger partial charge in [0.2, 0.25) is 5.88 Å². The molecule has 2 amide bonds. The molecule has 0 N–H and O–H groups in total. The lowest BCUT2D eigenvalue weighted by molar-refractivity contribution is 0.0521. The summed E-state index contributed by atoms with van der Waals surface area (Å²) in [5.41, 5.74) is 1.41. The van der Waals surface area contributed by atoms with Gasteiger partial charge in [-0.25, -0.2) is 9.78 Å². The van der Waals surface area contributed by atoms with Gasteiger partial charge in [-0.1, -0.05) is 19.9 Å². The Balaban J connectivity index is 1.41. The number of pyridine rings is 1. The number of likely N-dealkylation sites (tertiary alicyclic amines) is 1. The Morgan fingerprint density at radius 2 is 1.96 bits per heavy atom. The quantitative estimate of drug-likeness (QED) is 0.753. The maximum absolute atomic E-state index is 13.3. The van der Waals surface area contributed by atoms with Gasteiger partial charge in [-0.3, -0.25) is 0 Å². The molecular weight excluding hydrogens is 352 g/mol. The first-order valence-electron chi connectivity index (χ1n) is 10.8. The maximum Gasteiger partial charge on any atom is 0.320 e. The van der Waals surface area contributed by atoms with Crippen molar-refractivity contribution in [2.45, 2.75) is 52.1 Å². The van der Waals surface area contributed by atoms with Crippen LogP contribution in [0.1, 0.15) is 45.1 Å². The summed E-state index contributed by atoms with van der Waals surface area (Å²) in [5.74, 6) is 1.14. The van der Waals surface area contributed by atoms with Crippen molar-refractivity contribution in [3.8, 4) is 5.88 Å². The van der Waals surface area contributed by atoms with Crippen molar-refractivity contribution in [3.05, 3.63) is 23.9 Å². The molecule has 4 rings (SSSR count). The summed E-state index contributed by atoms with van der Waals surface area (Å²) >= 11 is 0. The highest BCUT2D eigenvalue weighted by Gasteiger charge is 2.52. The summed E-state index contributed by atoms with van der Waals surface area (Å²) in [6.45, 7) is 9.58. The molecule has 1 spiro atoms. The van der Waals surface area contributed by atoms with Gasteiger partial charge in [-0.05, 0) is 57.3 Å². The predicted molar refractivity (Wildman–Crippen MR) is 109 cm³/mol. The molecule has 1 aromatic rings. The molecule has 1 aromatic heterocycles. The van der Waals surface area contributed by atoms with Gasteiger partial charge in [-0.15, -0.1) is 0 Å². The zero-order chi connectivity index (χ0) is 19.7. The van der Waals surface area contributed by atoms with Crippen LogP contribution in [0.15, 0.2) is 18.3 Å². The SMILES string of the molecule is CC(C)COc1ccc(CN2CC3(CC3)CN(C3CCN(C)CC3)C2=O)cn1. The summed E-state index contributed by atoms with van der Waals surface area (Å²) < 4.78 is 5.68. The Bertz CT molecular complexity index is 678. The topological polar surface area (TPSA) is 48.9 Å². The number of aromatic nitrogens is 1. The fourth-order valence-corrected chi connectivity index (χ4v) is 4.40. The highest BCUT2D eigenvalue weighted by molar-refractivity contribution is 5.76. The van der Waals surface area contributed by atoms with Crippen LogP contribution in [0.3, 0.4) is 0 Å². The Labute approximate surface area is 168 Å². The van der Waals surface area contributed by atoms with Crippen molar-refractivity contribution in [1.29, 1.82) is 0 Å². The molecule has 1 saturated carbocycles. The van der Waals surface area contributed by atoms with Gasteiger partial charge in [0, 0.05) is 43.4 Å². The second-order valence-electron chi connectivity index (χ2n) is 9.51. The number of nitrogens with zero attached hydrogens (tertiary/aromatic N) is 4. The average Bonchev–Trinajstić information content (AvgIpc) is 3.43. The Morgan fingerprint density at radius 1 is 1.21 bits per heavy atom. The van der Waals surface area contributed by atoms with E-state index < -0.39 is 0 Å². The van der Waals surface area contributed by atoms with Crippen LogP contribution < -0.4 is 4.74 Å². The van der Waals surface area contributed by atoms with Crippen LogP contribution in [-0.4, -0.2) is 71.6 Å². The molecule has 0 radical (unpaired) electrons. The third-order valence-corrected chi connectivity index (χ3v) is 6.37. The molecule has 3 aliphatic rings. The second-order valence-corrected chi connectivity index (χ2v) is 9.51. The molecule has 2 saturated heterocycles. The number of piperidine rings is 1. The number of hydrogen-bond donors (Lipinski definition) is 0. The van der Waals surface area contributed by atoms with E-state index >= 15 is 0 Å². The zero-order valence-electron chi connectivity index (χ0n) is 17.6. The summed E-state index contributed by atoms with van der Waals surface area (Å²) in [5, 5.41) is 0. The van der Waals surface area contributed by atoms with E-state index in [-0.39, 0.29) is 6.03 Å². The van der Waals surface area contributed by atoms with Crippen LogP contribution in [0.4, 0.5) is 4.79 Å². The number of carbonyl (C=O) groups excluding carboxylic acids is 1. The van der Waals surface area contributed by atoms with Crippen LogP contribution in [0.5, 0.6) is 5.88 Å². The van der Waals surface area contributed by atoms with E-state index in [9.17, 15) is 4.79 Å². The lowest BCUT2D eigenvalue weighted by Crippen LogP contribution is -2.58. The molecule has 0 unspecified atom stereocenters. The van der Waals surface area contributed by atoms with Crippen LogP contribution in [0.2, 0.25) is 0 Å². The first-order chi connectivity index (χ1) is 13.4. The molecule has 28 heavy (non-hydrogen) atoms. The largest absolute Gasteiger partial charge is 0.477 e. The molecule has 6 heteroatoms. The number of carbonyl (C=O) groups is 1. The smallest absolute Gasteiger partial charge is 0.320 e. The Hall–Kier alpha value is -1.82. The van der Waals surface area contributed by atoms with Gasteiger partial charge in [0.1, 0.15) is 0 Å². The van der Waals surface area contributed by atoms with Gasteiger partial charge >= 0.3 is 6.03 Å². The number of ether oxygens (including phenoxy) is 1. The van der Waals surface area contributed by atoms with Crippen molar-refractivity contribution >= 4 is 6.03 Å². The molecular formula is C22H34N4O2. The molecule has 3 fully saturated rings. The van der Waals surface area contributed by atoms with Gasteiger partial charge in [0.25, 0.3) is 0 Å².